The summed E-state index contributed by atoms with van der Waals surface area (Å²) in [6.45, 7) is 13.2. The molecule has 1 atom stereocenters. The summed E-state index contributed by atoms with van der Waals surface area (Å²) >= 11 is 0. The average Bonchev–Trinajstić information content (AvgIpc) is 2.16. The summed E-state index contributed by atoms with van der Waals surface area (Å²) < 4.78 is 0. The predicted molar refractivity (Wildman–Crippen MR) is 62.9 cm³/mol. The van der Waals surface area contributed by atoms with Gasteiger partial charge in [-0.15, -0.1) is 0 Å². The van der Waals surface area contributed by atoms with Gasteiger partial charge in [-0.2, -0.15) is 0 Å². The van der Waals surface area contributed by atoms with Crippen molar-refractivity contribution >= 4 is 5.78 Å². The van der Waals surface area contributed by atoms with Crippen LogP contribution in [-0.2, 0) is 4.79 Å². The molecule has 1 aliphatic rings. The zero-order chi connectivity index (χ0) is 11.5. The van der Waals surface area contributed by atoms with Crippen molar-refractivity contribution in [3.05, 3.63) is 0 Å². The first-order valence-corrected chi connectivity index (χ1v) is 5.88. The van der Waals surface area contributed by atoms with Crippen molar-refractivity contribution in [3.8, 4) is 0 Å². The number of carbonyl (C=O) groups is 1. The van der Waals surface area contributed by atoms with E-state index < -0.39 is 0 Å². The molecule has 0 amide bonds. The third-order valence-corrected chi connectivity index (χ3v) is 2.93. The molecule has 1 saturated heterocycles. The summed E-state index contributed by atoms with van der Waals surface area (Å²) in [7, 11) is 0. The second-order valence-electron chi connectivity index (χ2n) is 5.57. The van der Waals surface area contributed by atoms with Gasteiger partial charge in [0.1, 0.15) is 5.78 Å². The molecule has 1 N–H and O–H groups in total. The lowest BCUT2D eigenvalue weighted by molar-refractivity contribution is -0.130. The van der Waals surface area contributed by atoms with Crippen LogP contribution in [0, 0.1) is 11.3 Å². The van der Waals surface area contributed by atoms with Gasteiger partial charge < -0.3 is 10.2 Å². The Morgan fingerprint density at radius 3 is 2.33 bits per heavy atom. The fraction of sp³-hybridized carbons (Fsp3) is 0.917. The Hall–Kier alpha value is -0.410. The number of piperazine rings is 1. The van der Waals surface area contributed by atoms with Gasteiger partial charge in [-0.1, -0.05) is 27.7 Å². The predicted octanol–water partition coefficient (Wildman–Crippen LogP) is 1.14. The van der Waals surface area contributed by atoms with Crippen LogP contribution in [0.15, 0.2) is 0 Å². The number of nitrogens with zero attached hydrogens (tertiary/aromatic N) is 1. The molecule has 3 heteroatoms. The zero-order valence-corrected chi connectivity index (χ0v) is 10.5. The molecule has 1 rings (SSSR count). The van der Waals surface area contributed by atoms with Gasteiger partial charge in [0, 0.05) is 44.1 Å². The topological polar surface area (TPSA) is 32.3 Å². The van der Waals surface area contributed by atoms with Crippen LogP contribution < -0.4 is 5.32 Å². The van der Waals surface area contributed by atoms with Crippen molar-refractivity contribution in [2.24, 2.45) is 11.3 Å². The molecule has 88 valence electrons. The van der Waals surface area contributed by atoms with E-state index in [9.17, 15) is 4.79 Å². The number of carbonyl (C=O) groups excluding carboxylic acids is 1. The van der Waals surface area contributed by atoms with Crippen LogP contribution in [0.4, 0.5) is 0 Å². The highest BCUT2D eigenvalue weighted by atomic mass is 16.1. The summed E-state index contributed by atoms with van der Waals surface area (Å²) in [6, 6.07) is 0. The average molecular weight is 212 g/mol. The maximum absolute atomic E-state index is 12.0. The standard InChI is InChI=1S/C12H24N2O/c1-10(11(15)12(2,3)4)9-14-7-5-13-6-8-14/h10,13H,5-9H2,1-4H3. The lowest BCUT2D eigenvalue weighted by atomic mass is 9.83. The molecule has 0 aliphatic carbocycles. The lowest BCUT2D eigenvalue weighted by Gasteiger charge is -2.31. The molecule has 1 heterocycles. The van der Waals surface area contributed by atoms with E-state index in [2.05, 4.69) is 17.1 Å². The molecule has 0 saturated carbocycles. The van der Waals surface area contributed by atoms with E-state index in [-0.39, 0.29) is 11.3 Å². The molecule has 0 aromatic heterocycles. The van der Waals surface area contributed by atoms with Crippen LogP contribution in [-0.4, -0.2) is 43.4 Å². The second-order valence-corrected chi connectivity index (χ2v) is 5.57. The third kappa shape index (κ3) is 3.92. The Bertz CT molecular complexity index is 214. The van der Waals surface area contributed by atoms with Crippen LogP contribution in [0.3, 0.4) is 0 Å². The molecular weight excluding hydrogens is 188 g/mol. The molecule has 1 fully saturated rings. The highest BCUT2D eigenvalue weighted by Gasteiger charge is 2.27. The van der Waals surface area contributed by atoms with Gasteiger partial charge >= 0.3 is 0 Å². The van der Waals surface area contributed by atoms with Crippen LogP contribution in [0.1, 0.15) is 27.7 Å². The Balaban J connectivity index is 2.40. The largest absolute Gasteiger partial charge is 0.314 e. The van der Waals surface area contributed by atoms with Crippen LogP contribution in [0.5, 0.6) is 0 Å². The molecular formula is C12H24N2O. The van der Waals surface area contributed by atoms with Crippen molar-refractivity contribution < 1.29 is 4.79 Å². The van der Waals surface area contributed by atoms with Crippen molar-refractivity contribution in [1.82, 2.24) is 10.2 Å². The molecule has 0 aromatic rings. The first kappa shape index (κ1) is 12.7. The summed E-state index contributed by atoms with van der Waals surface area (Å²) in [4.78, 5) is 14.4. The molecule has 0 radical (unpaired) electrons. The number of hydrogen-bond donors (Lipinski definition) is 1. The minimum atomic E-state index is -0.201. The maximum Gasteiger partial charge on any atom is 0.142 e. The van der Waals surface area contributed by atoms with Crippen LogP contribution in [0.2, 0.25) is 0 Å². The maximum atomic E-state index is 12.0. The van der Waals surface area contributed by atoms with E-state index in [0.717, 1.165) is 32.7 Å². The van der Waals surface area contributed by atoms with Gasteiger partial charge in [-0.05, 0) is 0 Å². The molecule has 15 heavy (non-hydrogen) atoms. The van der Waals surface area contributed by atoms with Gasteiger partial charge in [-0.3, -0.25) is 4.79 Å². The van der Waals surface area contributed by atoms with Gasteiger partial charge in [0.15, 0.2) is 0 Å². The molecule has 3 nitrogen and oxygen atoms in total. The van der Waals surface area contributed by atoms with E-state index in [0.29, 0.717) is 5.78 Å². The smallest absolute Gasteiger partial charge is 0.142 e. The second kappa shape index (κ2) is 5.08. The quantitative estimate of drug-likeness (QED) is 0.761. The minimum absolute atomic E-state index is 0.156. The SMILES string of the molecule is CC(CN1CCNCC1)C(=O)C(C)(C)C. The summed E-state index contributed by atoms with van der Waals surface area (Å²) in [5, 5.41) is 3.32. The van der Waals surface area contributed by atoms with Gasteiger partial charge in [0.2, 0.25) is 0 Å². The number of rotatable bonds is 3. The van der Waals surface area contributed by atoms with E-state index in [1.54, 1.807) is 0 Å². The Morgan fingerprint density at radius 2 is 1.87 bits per heavy atom. The fourth-order valence-electron chi connectivity index (χ4n) is 2.10. The lowest BCUT2D eigenvalue weighted by Crippen LogP contribution is -2.46. The summed E-state index contributed by atoms with van der Waals surface area (Å²) in [5.74, 6) is 0.532. The highest BCUT2D eigenvalue weighted by molar-refractivity contribution is 5.85. The van der Waals surface area contributed by atoms with E-state index in [1.807, 2.05) is 20.8 Å². The molecule has 0 spiro atoms. The van der Waals surface area contributed by atoms with Crippen molar-refractivity contribution in [3.63, 3.8) is 0 Å². The van der Waals surface area contributed by atoms with E-state index in [4.69, 9.17) is 0 Å². The monoisotopic (exact) mass is 212 g/mol. The Morgan fingerprint density at radius 1 is 1.33 bits per heavy atom. The highest BCUT2D eigenvalue weighted by Crippen LogP contribution is 2.20. The number of nitrogens with one attached hydrogen (secondary N) is 1. The normalized spacial score (nSPS) is 21.3. The molecule has 0 bridgehead atoms. The van der Waals surface area contributed by atoms with Gasteiger partial charge in [0.05, 0.1) is 0 Å². The number of ketones is 1. The van der Waals surface area contributed by atoms with Gasteiger partial charge in [0.25, 0.3) is 0 Å². The zero-order valence-electron chi connectivity index (χ0n) is 10.5. The number of hydrogen-bond acceptors (Lipinski definition) is 3. The first-order chi connectivity index (χ1) is 6.91. The number of Topliss-reactive ketones (excluding diaryl/α,β-unsaturated/α-hetero) is 1. The minimum Gasteiger partial charge on any atom is -0.314 e. The van der Waals surface area contributed by atoms with Crippen molar-refractivity contribution in [2.45, 2.75) is 27.7 Å². The third-order valence-electron chi connectivity index (χ3n) is 2.93. The molecule has 1 unspecified atom stereocenters. The molecule has 0 aromatic carbocycles. The van der Waals surface area contributed by atoms with Crippen molar-refractivity contribution in [1.29, 1.82) is 0 Å². The van der Waals surface area contributed by atoms with Crippen LogP contribution >= 0.6 is 0 Å². The summed E-state index contributed by atoms with van der Waals surface area (Å²) in [6.07, 6.45) is 0. The Labute approximate surface area is 93.2 Å². The van der Waals surface area contributed by atoms with Gasteiger partial charge in [-0.25, -0.2) is 0 Å². The van der Waals surface area contributed by atoms with Crippen molar-refractivity contribution in [2.75, 3.05) is 32.7 Å². The van der Waals surface area contributed by atoms with E-state index in [1.165, 1.54) is 0 Å². The first-order valence-electron chi connectivity index (χ1n) is 5.88. The fourth-order valence-corrected chi connectivity index (χ4v) is 2.10. The Kier molecular flexibility index (Phi) is 4.29. The van der Waals surface area contributed by atoms with Crippen LogP contribution in [0.25, 0.3) is 0 Å². The van der Waals surface area contributed by atoms with E-state index >= 15 is 0 Å². The molecule has 1 aliphatic heterocycles. The summed E-state index contributed by atoms with van der Waals surface area (Å²) in [5.41, 5.74) is -0.201.